The molecule has 9 aromatic carbocycles. The van der Waals surface area contributed by atoms with Crippen molar-refractivity contribution in [2.75, 3.05) is 9.80 Å². The van der Waals surface area contributed by atoms with E-state index in [0.717, 1.165) is 66.8 Å². The number of rotatable bonds is 6. The first-order valence-corrected chi connectivity index (χ1v) is 19.1. The molecule has 254 valence electrons. The van der Waals surface area contributed by atoms with Gasteiger partial charge in [-0.1, -0.05) is 140 Å². The van der Waals surface area contributed by atoms with Crippen molar-refractivity contribution in [2.24, 2.45) is 0 Å². The Balaban J connectivity index is 1.31. The monoisotopic (exact) mass is 708 g/mol. The molecule has 0 radical (unpaired) electrons. The molecule has 2 aromatic heterocycles. The van der Waals surface area contributed by atoms with E-state index in [-0.39, 0.29) is 0 Å². The minimum absolute atomic E-state index is 0.851. The van der Waals surface area contributed by atoms with Crippen molar-refractivity contribution in [3.05, 3.63) is 194 Å². The van der Waals surface area contributed by atoms with Crippen molar-refractivity contribution >= 4 is 109 Å². The SMILES string of the molecule is c1ccc(N(c2ccc3c(c2)sc2ccccc23)c2c(N(c3ccccc3)c3cccc4c3oc3ccccc34)c3ccccc3c3ccccc23)cc1. The third-order valence-electron chi connectivity index (χ3n) is 10.6. The zero-order chi connectivity index (χ0) is 35.6. The van der Waals surface area contributed by atoms with E-state index in [9.17, 15) is 0 Å². The number of furan rings is 1. The Morgan fingerprint density at radius 3 is 1.56 bits per heavy atom. The Kier molecular flexibility index (Phi) is 7.04. The molecule has 0 N–H and O–H groups in total. The fourth-order valence-electron chi connectivity index (χ4n) is 8.27. The van der Waals surface area contributed by atoms with Crippen LogP contribution in [0.2, 0.25) is 0 Å². The van der Waals surface area contributed by atoms with Crippen LogP contribution in [-0.4, -0.2) is 0 Å². The molecule has 11 rings (SSSR count). The van der Waals surface area contributed by atoms with Crippen LogP contribution in [0, 0.1) is 0 Å². The summed E-state index contributed by atoms with van der Waals surface area (Å²) in [6.07, 6.45) is 0. The summed E-state index contributed by atoms with van der Waals surface area (Å²) in [5.41, 5.74) is 8.08. The molecule has 0 aliphatic rings. The average Bonchev–Trinajstić information content (AvgIpc) is 3.81. The van der Waals surface area contributed by atoms with Gasteiger partial charge in [0.05, 0.1) is 17.1 Å². The van der Waals surface area contributed by atoms with Crippen LogP contribution in [0.4, 0.5) is 34.1 Å². The second-order valence-electron chi connectivity index (χ2n) is 13.7. The molecular formula is C50H32N2OS. The van der Waals surface area contributed by atoms with Crippen LogP contribution in [0.25, 0.3) is 63.7 Å². The molecule has 3 nitrogen and oxygen atoms in total. The summed E-state index contributed by atoms with van der Waals surface area (Å²) < 4.78 is 9.35. The molecule has 4 heteroatoms. The predicted molar refractivity (Wildman–Crippen MR) is 231 cm³/mol. The number of para-hydroxylation sites is 4. The van der Waals surface area contributed by atoms with Gasteiger partial charge in [0.25, 0.3) is 0 Å². The quantitative estimate of drug-likeness (QED) is 0.127. The Bertz CT molecular complexity index is 3180. The molecule has 0 saturated heterocycles. The first kappa shape index (κ1) is 30.7. The van der Waals surface area contributed by atoms with Gasteiger partial charge >= 0.3 is 0 Å². The first-order chi connectivity index (χ1) is 26.8. The summed E-state index contributed by atoms with van der Waals surface area (Å²) in [6, 6.07) is 69.7. The van der Waals surface area contributed by atoms with Gasteiger partial charge in [0.15, 0.2) is 5.58 Å². The summed E-state index contributed by atoms with van der Waals surface area (Å²) in [4.78, 5) is 4.88. The van der Waals surface area contributed by atoms with E-state index in [2.05, 4.69) is 198 Å². The molecular weight excluding hydrogens is 677 g/mol. The highest BCUT2D eigenvalue weighted by molar-refractivity contribution is 7.25. The highest BCUT2D eigenvalue weighted by Crippen LogP contribution is 2.54. The standard InChI is InChI=1S/C50H32N2OS/c1-3-16-33(17-4-1)51(35-30-31-40-39-23-12-14-29-46(39)54-47(40)32-35)48-41-24-9-7-20-36(41)37-21-8-10-25-42(37)49(48)52(34-18-5-2-6-19-34)44-27-15-26-43-38-22-11-13-28-45(38)53-50(43)44/h1-32H. The van der Waals surface area contributed by atoms with E-state index < -0.39 is 0 Å². The van der Waals surface area contributed by atoms with E-state index in [1.807, 2.05) is 17.4 Å². The third-order valence-corrected chi connectivity index (χ3v) is 11.7. The fourth-order valence-corrected chi connectivity index (χ4v) is 9.41. The van der Waals surface area contributed by atoms with Crippen LogP contribution in [0.3, 0.4) is 0 Å². The van der Waals surface area contributed by atoms with Crippen molar-refractivity contribution in [1.29, 1.82) is 0 Å². The average molecular weight is 709 g/mol. The van der Waals surface area contributed by atoms with Gasteiger partial charge in [-0.05, 0) is 65.4 Å². The smallest absolute Gasteiger partial charge is 0.159 e. The van der Waals surface area contributed by atoms with Gasteiger partial charge in [0.2, 0.25) is 0 Å². The fraction of sp³-hybridized carbons (Fsp3) is 0. The van der Waals surface area contributed by atoms with Crippen LogP contribution in [0.15, 0.2) is 199 Å². The van der Waals surface area contributed by atoms with E-state index in [1.54, 1.807) is 0 Å². The summed E-state index contributed by atoms with van der Waals surface area (Å²) in [5.74, 6) is 0. The number of hydrogen-bond acceptors (Lipinski definition) is 4. The molecule has 54 heavy (non-hydrogen) atoms. The molecule has 0 spiro atoms. The van der Waals surface area contributed by atoms with Gasteiger partial charge in [0.1, 0.15) is 5.58 Å². The summed E-state index contributed by atoms with van der Waals surface area (Å²) >= 11 is 1.85. The van der Waals surface area contributed by atoms with E-state index in [1.165, 1.54) is 30.9 Å². The number of nitrogens with zero attached hydrogens (tertiary/aromatic N) is 2. The van der Waals surface area contributed by atoms with E-state index >= 15 is 0 Å². The summed E-state index contributed by atoms with van der Waals surface area (Å²) in [7, 11) is 0. The lowest BCUT2D eigenvalue weighted by Gasteiger charge is -2.35. The van der Waals surface area contributed by atoms with Crippen molar-refractivity contribution in [3.8, 4) is 0 Å². The lowest BCUT2D eigenvalue weighted by molar-refractivity contribution is 0.669. The van der Waals surface area contributed by atoms with Crippen LogP contribution >= 0.6 is 11.3 Å². The molecule has 0 aliphatic carbocycles. The zero-order valence-electron chi connectivity index (χ0n) is 29.2. The lowest BCUT2D eigenvalue weighted by Crippen LogP contribution is -2.18. The maximum atomic E-state index is 6.80. The second kappa shape index (κ2) is 12.4. The van der Waals surface area contributed by atoms with E-state index in [0.29, 0.717) is 0 Å². The van der Waals surface area contributed by atoms with Crippen molar-refractivity contribution in [3.63, 3.8) is 0 Å². The number of fused-ring (bicyclic) bond motifs is 9. The van der Waals surface area contributed by atoms with E-state index in [4.69, 9.17) is 4.42 Å². The minimum Gasteiger partial charge on any atom is -0.454 e. The molecule has 0 unspecified atom stereocenters. The van der Waals surface area contributed by atoms with Crippen LogP contribution < -0.4 is 9.80 Å². The highest BCUT2D eigenvalue weighted by atomic mass is 32.1. The van der Waals surface area contributed by atoms with Gasteiger partial charge in [0, 0.05) is 58.8 Å². The lowest BCUT2D eigenvalue weighted by atomic mass is 9.95. The molecule has 0 fully saturated rings. The van der Waals surface area contributed by atoms with Gasteiger partial charge < -0.3 is 14.2 Å². The highest BCUT2D eigenvalue weighted by Gasteiger charge is 2.29. The molecule has 0 bridgehead atoms. The third kappa shape index (κ3) is 4.74. The molecule has 0 aliphatic heterocycles. The molecule has 0 atom stereocenters. The number of thiophene rings is 1. The van der Waals surface area contributed by atoms with Gasteiger partial charge in [-0.15, -0.1) is 11.3 Å². The van der Waals surface area contributed by atoms with Gasteiger partial charge in [-0.2, -0.15) is 0 Å². The Morgan fingerprint density at radius 1 is 0.333 bits per heavy atom. The van der Waals surface area contributed by atoms with Crippen LogP contribution in [0.5, 0.6) is 0 Å². The minimum atomic E-state index is 0.851. The first-order valence-electron chi connectivity index (χ1n) is 18.3. The largest absolute Gasteiger partial charge is 0.454 e. The molecule has 0 saturated carbocycles. The van der Waals surface area contributed by atoms with Crippen molar-refractivity contribution in [2.45, 2.75) is 0 Å². The molecule has 0 amide bonds. The van der Waals surface area contributed by atoms with Gasteiger partial charge in [-0.3, -0.25) is 0 Å². The number of benzene rings is 9. The second-order valence-corrected chi connectivity index (χ2v) is 14.7. The van der Waals surface area contributed by atoms with Crippen molar-refractivity contribution < 1.29 is 4.42 Å². The van der Waals surface area contributed by atoms with Gasteiger partial charge in [-0.25, -0.2) is 0 Å². The summed E-state index contributed by atoms with van der Waals surface area (Å²) in [5, 5.41) is 9.46. The normalized spacial score (nSPS) is 11.7. The van der Waals surface area contributed by atoms with Crippen LogP contribution in [0.1, 0.15) is 0 Å². The maximum Gasteiger partial charge on any atom is 0.159 e. The molecule has 11 aromatic rings. The maximum absolute atomic E-state index is 6.80. The zero-order valence-corrected chi connectivity index (χ0v) is 30.0. The Hall–Kier alpha value is -6.88. The Labute approximate surface area is 316 Å². The number of hydrogen-bond donors (Lipinski definition) is 0. The summed E-state index contributed by atoms with van der Waals surface area (Å²) in [6.45, 7) is 0. The molecule has 2 heterocycles. The van der Waals surface area contributed by atoms with Crippen molar-refractivity contribution in [1.82, 2.24) is 0 Å². The number of anilines is 6. The topological polar surface area (TPSA) is 19.6 Å². The Morgan fingerprint density at radius 2 is 0.852 bits per heavy atom. The predicted octanol–water partition coefficient (Wildman–Crippen LogP) is 15.2. The van der Waals surface area contributed by atoms with Crippen LogP contribution in [-0.2, 0) is 0 Å².